The molecule has 1 fully saturated rings. The van der Waals surface area contributed by atoms with Gasteiger partial charge in [0, 0.05) is 5.92 Å². The maximum Gasteiger partial charge on any atom is 0.341 e. The number of carbonyl (C=O) groups excluding carboxylic acids is 1. The van der Waals surface area contributed by atoms with Crippen LogP contribution in [0.4, 0.5) is 0 Å². The van der Waals surface area contributed by atoms with E-state index in [1.54, 1.807) is 30.5 Å². The van der Waals surface area contributed by atoms with E-state index in [2.05, 4.69) is 10.5 Å². The van der Waals surface area contributed by atoms with Gasteiger partial charge in [0.1, 0.15) is 5.75 Å². The van der Waals surface area contributed by atoms with Gasteiger partial charge in [-0.25, -0.2) is 10.2 Å². The maximum atomic E-state index is 11.9. The van der Waals surface area contributed by atoms with E-state index >= 15 is 0 Å². The minimum absolute atomic E-state index is 0.0163. The van der Waals surface area contributed by atoms with Crippen molar-refractivity contribution in [3.05, 3.63) is 29.8 Å². The molecule has 0 aromatic heterocycles. The van der Waals surface area contributed by atoms with Crippen LogP contribution < -0.4 is 10.2 Å². The van der Waals surface area contributed by atoms with Crippen LogP contribution in [0, 0.1) is 5.92 Å². The summed E-state index contributed by atoms with van der Waals surface area (Å²) < 4.78 is 5.03. The molecule has 1 aromatic rings. The number of rotatable bonds is 6. The molecule has 0 unspecified atom stereocenters. The zero-order chi connectivity index (χ0) is 15.8. The van der Waals surface area contributed by atoms with E-state index in [1.165, 1.54) is 6.42 Å². The van der Waals surface area contributed by atoms with Crippen molar-refractivity contribution in [1.29, 1.82) is 0 Å². The summed E-state index contributed by atoms with van der Waals surface area (Å²) in [5.74, 6) is -0.475. The Morgan fingerprint density at radius 1 is 1.23 bits per heavy atom. The third-order valence-corrected chi connectivity index (χ3v) is 3.61. The molecule has 2 rings (SSSR count). The molecule has 0 atom stereocenters. The number of hydrogen-bond acceptors (Lipinski definition) is 4. The summed E-state index contributed by atoms with van der Waals surface area (Å²) in [6.07, 6.45) is 6.87. The molecule has 0 aliphatic heterocycles. The number of carboxylic acids is 1. The van der Waals surface area contributed by atoms with Crippen LogP contribution in [-0.4, -0.2) is 29.8 Å². The van der Waals surface area contributed by atoms with E-state index in [0.717, 1.165) is 31.2 Å². The van der Waals surface area contributed by atoms with E-state index in [4.69, 9.17) is 9.84 Å². The predicted molar refractivity (Wildman–Crippen MR) is 81.9 cm³/mol. The molecule has 0 spiro atoms. The van der Waals surface area contributed by atoms with Crippen LogP contribution in [0.15, 0.2) is 29.4 Å². The molecule has 118 valence electrons. The van der Waals surface area contributed by atoms with Crippen molar-refractivity contribution in [3.63, 3.8) is 0 Å². The molecule has 22 heavy (non-hydrogen) atoms. The Morgan fingerprint density at radius 3 is 2.55 bits per heavy atom. The van der Waals surface area contributed by atoms with Gasteiger partial charge in [0.05, 0.1) is 6.21 Å². The highest BCUT2D eigenvalue weighted by Gasteiger charge is 2.20. The number of benzene rings is 1. The van der Waals surface area contributed by atoms with Crippen molar-refractivity contribution in [1.82, 2.24) is 5.43 Å². The number of amides is 1. The zero-order valence-corrected chi connectivity index (χ0v) is 12.3. The van der Waals surface area contributed by atoms with Gasteiger partial charge in [-0.15, -0.1) is 0 Å². The molecule has 1 amide bonds. The lowest BCUT2D eigenvalue weighted by atomic mass is 9.89. The summed E-state index contributed by atoms with van der Waals surface area (Å²) >= 11 is 0. The SMILES string of the molecule is O=C(O)COc1ccc(C=NNC(=O)C2CCCCC2)cc1. The average Bonchev–Trinajstić information content (AvgIpc) is 2.55. The van der Waals surface area contributed by atoms with Gasteiger partial charge < -0.3 is 9.84 Å². The first-order valence-electron chi connectivity index (χ1n) is 7.43. The van der Waals surface area contributed by atoms with Crippen LogP contribution in [0.5, 0.6) is 5.75 Å². The van der Waals surface area contributed by atoms with Gasteiger partial charge in [-0.05, 0) is 42.7 Å². The number of hydrazone groups is 1. The third kappa shape index (κ3) is 5.20. The molecule has 0 bridgehead atoms. The van der Waals surface area contributed by atoms with E-state index in [-0.39, 0.29) is 18.4 Å². The molecule has 1 aliphatic carbocycles. The van der Waals surface area contributed by atoms with Crippen molar-refractivity contribution in [2.24, 2.45) is 11.0 Å². The topological polar surface area (TPSA) is 88.0 Å². The fourth-order valence-corrected chi connectivity index (χ4v) is 2.42. The van der Waals surface area contributed by atoms with E-state index < -0.39 is 5.97 Å². The Bertz CT molecular complexity index is 534. The largest absolute Gasteiger partial charge is 0.482 e. The Morgan fingerprint density at radius 2 is 1.91 bits per heavy atom. The molecule has 0 heterocycles. The van der Waals surface area contributed by atoms with E-state index in [9.17, 15) is 9.59 Å². The molecule has 1 aromatic carbocycles. The highest BCUT2D eigenvalue weighted by Crippen LogP contribution is 2.23. The lowest BCUT2D eigenvalue weighted by Crippen LogP contribution is -2.28. The number of hydrogen-bond donors (Lipinski definition) is 2. The predicted octanol–water partition coefficient (Wildman–Crippen LogP) is 2.18. The van der Waals surface area contributed by atoms with Crippen LogP contribution in [-0.2, 0) is 9.59 Å². The average molecular weight is 304 g/mol. The fourth-order valence-electron chi connectivity index (χ4n) is 2.42. The number of ether oxygens (including phenoxy) is 1. The Balaban J connectivity index is 1.79. The second-order valence-electron chi connectivity index (χ2n) is 5.32. The van der Waals surface area contributed by atoms with Crippen LogP contribution in [0.2, 0.25) is 0 Å². The molecule has 6 nitrogen and oxygen atoms in total. The summed E-state index contributed by atoms with van der Waals surface area (Å²) in [6, 6.07) is 6.81. The van der Waals surface area contributed by atoms with Gasteiger partial charge in [-0.1, -0.05) is 19.3 Å². The van der Waals surface area contributed by atoms with Crippen LogP contribution in [0.1, 0.15) is 37.7 Å². The van der Waals surface area contributed by atoms with Crippen LogP contribution in [0.3, 0.4) is 0 Å². The van der Waals surface area contributed by atoms with E-state index in [0.29, 0.717) is 5.75 Å². The van der Waals surface area contributed by atoms with Gasteiger partial charge in [-0.3, -0.25) is 4.79 Å². The molecule has 0 radical (unpaired) electrons. The van der Waals surface area contributed by atoms with E-state index in [1.807, 2.05) is 0 Å². The first-order valence-corrected chi connectivity index (χ1v) is 7.43. The van der Waals surface area contributed by atoms with Crippen molar-refractivity contribution in [2.75, 3.05) is 6.61 Å². The summed E-state index contributed by atoms with van der Waals surface area (Å²) in [6.45, 7) is -0.370. The molecule has 6 heteroatoms. The molecule has 0 saturated heterocycles. The number of aliphatic carboxylic acids is 1. The van der Waals surface area contributed by atoms with Crippen LogP contribution >= 0.6 is 0 Å². The standard InChI is InChI=1S/C16H20N2O4/c19-15(20)11-22-14-8-6-12(7-9-14)10-17-18-16(21)13-4-2-1-3-5-13/h6-10,13H,1-5,11H2,(H,18,21)(H,19,20). The number of carbonyl (C=O) groups is 2. The molecular weight excluding hydrogens is 284 g/mol. The zero-order valence-electron chi connectivity index (χ0n) is 12.3. The van der Waals surface area contributed by atoms with Gasteiger partial charge in [0.25, 0.3) is 0 Å². The minimum Gasteiger partial charge on any atom is -0.482 e. The first-order chi connectivity index (χ1) is 10.6. The highest BCUT2D eigenvalue weighted by atomic mass is 16.5. The summed E-state index contributed by atoms with van der Waals surface area (Å²) in [7, 11) is 0. The Labute approximate surface area is 129 Å². The van der Waals surface area contributed by atoms with Crippen molar-refractivity contribution in [2.45, 2.75) is 32.1 Å². The number of nitrogens with one attached hydrogen (secondary N) is 1. The smallest absolute Gasteiger partial charge is 0.341 e. The number of nitrogens with zero attached hydrogens (tertiary/aromatic N) is 1. The second-order valence-corrected chi connectivity index (χ2v) is 5.32. The lowest BCUT2D eigenvalue weighted by Gasteiger charge is -2.19. The summed E-state index contributed by atoms with van der Waals surface area (Å²) in [4.78, 5) is 22.3. The molecule has 1 aliphatic rings. The maximum absolute atomic E-state index is 11.9. The van der Waals surface area contributed by atoms with Gasteiger partial charge >= 0.3 is 5.97 Å². The fraction of sp³-hybridized carbons (Fsp3) is 0.438. The van der Waals surface area contributed by atoms with Crippen molar-refractivity contribution < 1.29 is 19.4 Å². The van der Waals surface area contributed by atoms with Crippen molar-refractivity contribution in [3.8, 4) is 5.75 Å². The molecule has 2 N–H and O–H groups in total. The first kappa shape index (κ1) is 16.0. The van der Waals surface area contributed by atoms with Gasteiger partial charge in [-0.2, -0.15) is 5.10 Å². The Hall–Kier alpha value is -2.37. The molecule has 1 saturated carbocycles. The monoisotopic (exact) mass is 304 g/mol. The number of carboxylic acid groups (broad SMARTS) is 1. The third-order valence-electron chi connectivity index (χ3n) is 3.61. The minimum atomic E-state index is -1.02. The van der Waals surface area contributed by atoms with Gasteiger partial charge in [0.15, 0.2) is 6.61 Å². The normalized spacial score (nSPS) is 15.6. The van der Waals surface area contributed by atoms with Gasteiger partial charge in [0.2, 0.25) is 5.91 Å². The highest BCUT2D eigenvalue weighted by molar-refractivity contribution is 5.83. The molecular formula is C16H20N2O4. The lowest BCUT2D eigenvalue weighted by molar-refractivity contribution is -0.139. The quantitative estimate of drug-likeness (QED) is 0.623. The Kier molecular flexibility index (Phi) is 5.94. The summed E-state index contributed by atoms with van der Waals surface area (Å²) in [5, 5.41) is 12.5. The van der Waals surface area contributed by atoms with Crippen molar-refractivity contribution >= 4 is 18.1 Å². The van der Waals surface area contributed by atoms with Crippen LogP contribution in [0.25, 0.3) is 0 Å². The second kappa shape index (κ2) is 8.17. The summed E-state index contributed by atoms with van der Waals surface area (Å²) in [5.41, 5.74) is 3.37.